The molecule has 1 saturated heterocycles. The molecule has 1 aliphatic rings. The topological polar surface area (TPSA) is 69.6 Å². The molecule has 8 heteroatoms. The van der Waals surface area contributed by atoms with Crippen LogP contribution in [0.3, 0.4) is 0 Å². The summed E-state index contributed by atoms with van der Waals surface area (Å²) in [6, 6.07) is 30.3. The van der Waals surface area contributed by atoms with Crippen molar-refractivity contribution in [2.75, 3.05) is 37.6 Å². The monoisotopic (exact) mass is 525 g/mol. The number of benzene rings is 3. The van der Waals surface area contributed by atoms with Crippen molar-refractivity contribution < 1.29 is 9.59 Å². The van der Waals surface area contributed by atoms with Gasteiger partial charge in [0, 0.05) is 48.9 Å². The van der Waals surface area contributed by atoms with Gasteiger partial charge in [-0.3, -0.25) is 9.59 Å². The van der Waals surface area contributed by atoms with Gasteiger partial charge in [-0.25, -0.2) is 0 Å². The van der Waals surface area contributed by atoms with E-state index in [-0.39, 0.29) is 18.4 Å². The van der Waals surface area contributed by atoms with Crippen molar-refractivity contribution in [3.8, 4) is 11.3 Å². The number of rotatable bonds is 7. The number of hydrogen-bond donors (Lipinski definition) is 0. The van der Waals surface area contributed by atoms with Gasteiger partial charge in [0.1, 0.15) is 6.54 Å². The fraction of sp³-hybridized carbons (Fsp3) is 0.200. The van der Waals surface area contributed by atoms with Crippen LogP contribution in [-0.2, 0) is 11.3 Å². The van der Waals surface area contributed by atoms with E-state index >= 15 is 0 Å². The highest BCUT2D eigenvalue weighted by Gasteiger charge is 2.26. The third kappa shape index (κ3) is 6.18. The molecule has 1 aliphatic heterocycles. The predicted octanol–water partition coefficient (Wildman–Crippen LogP) is 4.79. The lowest BCUT2D eigenvalue weighted by atomic mass is 10.1. The SMILES string of the molecule is O=C(CN(Cc1ccccc1)C(=O)c1ccc(Cl)cc1)N1CCN(c2ccc(-c3ccccc3)nn2)CC1. The van der Waals surface area contributed by atoms with Crippen LogP contribution in [-0.4, -0.2) is 64.5 Å². The summed E-state index contributed by atoms with van der Waals surface area (Å²) in [5.74, 6) is 0.514. The number of halogens is 1. The summed E-state index contributed by atoms with van der Waals surface area (Å²) in [7, 11) is 0. The van der Waals surface area contributed by atoms with Crippen LogP contribution in [0.5, 0.6) is 0 Å². The van der Waals surface area contributed by atoms with Gasteiger partial charge in [0.05, 0.1) is 5.69 Å². The van der Waals surface area contributed by atoms with Crippen molar-refractivity contribution in [1.29, 1.82) is 0 Å². The second kappa shape index (κ2) is 11.9. The maximum absolute atomic E-state index is 13.3. The van der Waals surface area contributed by atoms with Crippen LogP contribution in [0.1, 0.15) is 15.9 Å². The molecule has 0 radical (unpaired) electrons. The van der Waals surface area contributed by atoms with Crippen LogP contribution in [0.2, 0.25) is 5.02 Å². The highest BCUT2D eigenvalue weighted by Crippen LogP contribution is 2.20. The van der Waals surface area contributed by atoms with E-state index < -0.39 is 0 Å². The Balaban J connectivity index is 1.22. The summed E-state index contributed by atoms with van der Waals surface area (Å²) in [5.41, 5.74) is 3.31. The minimum absolute atomic E-state index is 0.00192. The lowest BCUT2D eigenvalue weighted by Crippen LogP contribution is -2.52. The zero-order valence-corrected chi connectivity index (χ0v) is 21.7. The Kier molecular flexibility index (Phi) is 7.95. The second-order valence-electron chi connectivity index (χ2n) is 9.16. The molecule has 2 amide bonds. The molecule has 7 nitrogen and oxygen atoms in total. The highest BCUT2D eigenvalue weighted by atomic mass is 35.5. The molecule has 0 atom stereocenters. The molecule has 4 aromatic rings. The first-order valence-corrected chi connectivity index (χ1v) is 13.0. The van der Waals surface area contributed by atoms with Crippen molar-refractivity contribution >= 4 is 29.2 Å². The first-order valence-electron chi connectivity index (χ1n) is 12.6. The van der Waals surface area contributed by atoms with Crippen LogP contribution >= 0.6 is 11.6 Å². The van der Waals surface area contributed by atoms with Gasteiger partial charge in [-0.05, 0) is 42.0 Å². The molecule has 1 fully saturated rings. The summed E-state index contributed by atoms with van der Waals surface area (Å²) in [4.78, 5) is 32.2. The summed E-state index contributed by atoms with van der Waals surface area (Å²) in [5, 5.41) is 9.36. The Labute approximate surface area is 227 Å². The average molecular weight is 526 g/mol. The van der Waals surface area contributed by atoms with E-state index in [1.807, 2.05) is 77.7 Å². The number of amides is 2. The molecule has 192 valence electrons. The Bertz CT molecular complexity index is 1360. The van der Waals surface area contributed by atoms with Gasteiger partial charge in [0.15, 0.2) is 5.82 Å². The van der Waals surface area contributed by atoms with Crippen LogP contribution in [0.15, 0.2) is 97.1 Å². The molecule has 1 aromatic heterocycles. The van der Waals surface area contributed by atoms with Crippen LogP contribution in [0.25, 0.3) is 11.3 Å². The summed E-state index contributed by atoms with van der Waals surface area (Å²) in [6.07, 6.45) is 0. The summed E-state index contributed by atoms with van der Waals surface area (Å²) >= 11 is 6.01. The predicted molar refractivity (Wildman–Crippen MR) is 149 cm³/mol. The highest BCUT2D eigenvalue weighted by molar-refractivity contribution is 6.30. The molecule has 0 unspecified atom stereocenters. The van der Waals surface area contributed by atoms with Crippen molar-refractivity contribution in [3.05, 3.63) is 113 Å². The van der Waals surface area contributed by atoms with Gasteiger partial charge < -0.3 is 14.7 Å². The largest absolute Gasteiger partial charge is 0.352 e. The number of hydrogen-bond acceptors (Lipinski definition) is 5. The zero-order valence-electron chi connectivity index (χ0n) is 20.9. The van der Waals surface area contributed by atoms with Crippen molar-refractivity contribution in [2.45, 2.75) is 6.54 Å². The number of carbonyl (C=O) groups excluding carboxylic acids is 2. The van der Waals surface area contributed by atoms with E-state index in [9.17, 15) is 9.59 Å². The van der Waals surface area contributed by atoms with E-state index in [0.717, 1.165) is 22.6 Å². The van der Waals surface area contributed by atoms with Crippen LogP contribution in [0, 0.1) is 0 Å². The van der Waals surface area contributed by atoms with Crippen LogP contribution in [0.4, 0.5) is 5.82 Å². The minimum atomic E-state index is -0.203. The molecule has 0 bridgehead atoms. The fourth-order valence-electron chi connectivity index (χ4n) is 4.48. The van der Waals surface area contributed by atoms with Gasteiger partial charge in [-0.2, -0.15) is 0 Å². The molecule has 3 aromatic carbocycles. The maximum atomic E-state index is 13.3. The molecule has 2 heterocycles. The zero-order chi connectivity index (χ0) is 26.3. The Hall–Kier alpha value is -4.23. The molecule has 0 N–H and O–H groups in total. The summed E-state index contributed by atoms with van der Waals surface area (Å²) < 4.78 is 0. The van der Waals surface area contributed by atoms with Gasteiger partial charge in [-0.15, -0.1) is 10.2 Å². The summed E-state index contributed by atoms with van der Waals surface area (Å²) in [6.45, 7) is 2.74. The van der Waals surface area contributed by atoms with Crippen molar-refractivity contribution in [3.63, 3.8) is 0 Å². The standard InChI is InChI=1S/C30H28ClN5O2/c31-26-13-11-25(12-14-26)30(38)36(21-23-7-3-1-4-8-23)22-29(37)35-19-17-34(18-20-35)28-16-15-27(32-33-28)24-9-5-2-6-10-24/h1-16H,17-22H2. The van der Waals surface area contributed by atoms with E-state index in [1.165, 1.54) is 0 Å². The molecule has 0 saturated carbocycles. The van der Waals surface area contributed by atoms with E-state index in [4.69, 9.17) is 11.6 Å². The molecule has 0 spiro atoms. The molecule has 0 aliphatic carbocycles. The number of anilines is 1. The minimum Gasteiger partial charge on any atom is -0.352 e. The second-order valence-corrected chi connectivity index (χ2v) is 9.60. The third-order valence-corrected chi connectivity index (χ3v) is 6.85. The molecule has 5 rings (SSSR count). The first kappa shape index (κ1) is 25.4. The lowest BCUT2D eigenvalue weighted by molar-refractivity contribution is -0.132. The van der Waals surface area contributed by atoms with Gasteiger partial charge in [0.25, 0.3) is 5.91 Å². The molecular formula is C30H28ClN5O2. The number of aromatic nitrogens is 2. The Morgan fingerprint density at radius 3 is 2.05 bits per heavy atom. The molecular weight excluding hydrogens is 498 g/mol. The Morgan fingerprint density at radius 2 is 1.42 bits per heavy atom. The van der Waals surface area contributed by atoms with Crippen LogP contribution < -0.4 is 4.90 Å². The van der Waals surface area contributed by atoms with Crippen molar-refractivity contribution in [2.24, 2.45) is 0 Å². The van der Waals surface area contributed by atoms with Gasteiger partial charge >= 0.3 is 0 Å². The third-order valence-electron chi connectivity index (χ3n) is 6.60. The quantitative estimate of drug-likeness (QED) is 0.347. The van der Waals surface area contributed by atoms with E-state index in [1.54, 1.807) is 29.2 Å². The van der Waals surface area contributed by atoms with Gasteiger partial charge in [0.2, 0.25) is 5.91 Å². The lowest BCUT2D eigenvalue weighted by Gasteiger charge is -2.36. The van der Waals surface area contributed by atoms with E-state index in [2.05, 4.69) is 15.1 Å². The van der Waals surface area contributed by atoms with Crippen molar-refractivity contribution in [1.82, 2.24) is 20.0 Å². The normalized spacial score (nSPS) is 13.3. The average Bonchev–Trinajstić information content (AvgIpc) is 2.98. The maximum Gasteiger partial charge on any atom is 0.254 e. The molecule has 38 heavy (non-hydrogen) atoms. The Morgan fingerprint density at radius 1 is 0.763 bits per heavy atom. The van der Waals surface area contributed by atoms with Gasteiger partial charge in [-0.1, -0.05) is 72.3 Å². The first-order chi connectivity index (χ1) is 18.6. The van der Waals surface area contributed by atoms with E-state index in [0.29, 0.717) is 43.3 Å². The number of piperazine rings is 1. The number of carbonyl (C=O) groups is 2. The fourth-order valence-corrected chi connectivity index (χ4v) is 4.61. The number of nitrogens with zero attached hydrogens (tertiary/aromatic N) is 5. The smallest absolute Gasteiger partial charge is 0.254 e.